The summed E-state index contributed by atoms with van der Waals surface area (Å²) >= 11 is 0. The molecule has 10 aromatic rings. The van der Waals surface area contributed by atoms with Gasteiger partial charge in [0.1, 0.15) is 72.4 Å². The topological polar surface area (TPSA) is 186 Å². The average molecular weight is 1640 g/mol. The number of sulfonamides is 2. The van der Waals surface area contributed by atoms with E-state index in [0.29, 0.717) is 77.8 Å². The lowest BCUT2D eigenvalue weighted by Gasteiger charge is -2.24. The van der Waals surface area contributed by atoms with Crippen molar-refractivity contribution in [3.63, 3.8) is 0 Å². The molecule has 20 bridgehead atoms. The van der Waals surface area contributed by atoms with Gasteiger partial charge in [0, 0.05) is 77.5 Å². The van der Waals surface area contributed by atoms with Gasteiger partial charge in [-0.1, -0.05) is 209 Å². The second-order valence-electron chi connectivity index (χ2n) is 30.3. The minimum Gasteiger partial charge on any atom is -0.493 e. The summed E-state index contributed by atoms with van der Waals surface area (Å²) in [7, 11) is -7.59. The number of aryl methyl sites for hydroxylation is 2. The Balaban J connectivity index is 0.000000205. The molecule has 10 aromatic carbocycles. The number of benzene rings is 10. The molecule has 0 saturated heterocycles. The number of rotatable bonds is 16. The molecule has 0 spiro atoms. The molecule has 0 radical (unpaired) electrons. The molecule has 0 amide bonds. The Kier molecular flexibility index (Phi) is 31.2. The zero-order valence-electron chi connectivity index (χ0n) is 69.3. The number of hydrogen-bond acceptors (Lipinski definition) is 16. The van der Waals surface area contributed by atoms with Crippen molar-refractivity contribution in [2.24, 2.45) is 0 Å². The van der Waals surface area contributed by atoms with Crippen molar-refractivity contribution in [3.05, 3.63) is 294 Å². The van der Waals surface area contributed by atoms with E-state index in [9.17, 15) is 16.8 Å². The predicted molar refractivity (Wildman–Crippen MR) is 462 cm³/mol. The Hall–Kier alpha value is -9.74. The second-order valence-corrected chi connectivity index (χ2v) is 34.2. The van der Waals surface area contributed by atoms with E-state index in [2.05, 4.69) is 173 Å². The highest BCUT2D eigenvalue weighted by Gasteiger charge is 2.29. The van der Waals surface area contributed by atoms with E-state index in [1.807, 2.05) is 38.1 Å². The van der Waals surface area contributed by atoms with Gasteiger partial charge in [0.05, 0.1) is 89.1 Å². The first kappa shape index (κ1) is 86.1. The molecule has 0 aromatic heterocycles. The summed E-state index contributed by atoms with van der Waals surface area (Å²) in [5.74, 6) is 6.83. The zero-order valence-corrected chi connectivity index (χ0v) is 71.0. The monoisotopic (exact) mass is 1640 g/mol. The lowest BCUT2D eigenvalue weighted by atomic mass is 9.91. The number of para-hydroxylation sites is 8. The fraction of sp³-hybridized carbons (Fsp3) is 0.388. The fourth-order valence-corrected chi connectivity index (χ4v) is 18.4. The van der Waals surface area contributed by atoms with Crippen LogP contribution in [-0.2, 0) is 90.4 Å². The molecular weight excluding hydrogens is 1530 g/mol. The van der Waals surface area contributed by atoms with Crippen LogP contribution in [0.25, 0.3) is 0 Å². The highest BCUT2D eigenvalue weighted by atomic mass is 32.2. The second kappa shape index (κ2) is 42.8. The first-order valence-corrected chi connectivity index (χ1v) is 44.9. The first-order chi connectivity index (χ1) is 57.7. The average Bonchev–Trinajstić information content (AvgIpc) is 0.786. The van der Waals surface area contributed by atoms with Gasteiger partial charge in [0.15, 0.2) is 0 Å². The van der Waals surface area contributed by atoms with Crippen LogP contribution in [0, 0.1) is 13.8 Å². The molecule has 6 aliphatic rings. The first-order valence-electron chi connectivity index (χ1n) is 42.0. The Bertz CT molecular complexity index is 4450. The highest BCUT2D eigenvalue weighted by Crippen LogP contribution is 2.43. The molecule has 0 N–H and O–H groups in total. The number of ether oxygens (including phenoxy) is 12. The van der Waals surface area contributed by atoms with E-state index in [4.69, 9.17) is 56.8 Å². The van der Waals surface area contributed by atoms with E-state index in [-0.39, 0.29) is 115 Å². The molecule has 0 atom stereocenters. The van der Waals surface area contributed by atoms with Crippen LogP contribution < -0.4 is 37.9 Å². The summed E-state index contributed by atoms with van der Waals surface area (Å²) in [6, 6.07) is 65.0. The Morgan fingerprint density at radius 2 is 0.441 bits per heavy atom. The van der Waals surface area contributed by atoms with Gasteiger partial charge in [-0.15, -0.1) is 0 Å². The van der Waals surface area contributed by atoms with Crippen LogP contribution in [0.2, 0.25) is 0 Å². The van der Waals surface area contributed by atoms with Crippen LogP contribution in [0.5, 0.6) is 46.0 Å². The third-order valence-corrected chi connectivity index (χ3v) is 25.3. The molecular formula is C98H114N2O16S2. The van der Waals surface area contributed by atoms with Gasteiger partial charge in [-0.2, -0.15) is 8.61 Å². The molecule has 20 heteroatoms. The highest BCUT2D eigenvalue weighted by molar-refractivity contribution is 7.89. The minimum absolute atomic E-state index is 0.169. The smallest absolute Gasteiger partial charge is 0.243 e. The van der Waals surface area contributed by atoms with Crippen molar-refractivity contribution < 1.29 is 73.7 Å². The van der Waals surface area contributed by atoms with Gasteiger partial charge in [0.2, 0.25) is 20.0 Å². The Labute approximate surface area is 698 Å². The lowest BCUT2D eigenvalue weighted by molar-refractivity contribution is 0.0743. The summed E-state index contributed by atoms with van der Waals surface area (Å²) in [6.45, 7) is 18.5. The van der Waals surface area contributed by atoms with Gasteiger partial charge in [-0.3, -0.25) is 0 Å². The molecule has 118 heavy (non-hydrogen) atoms. The van der Waals surface area contributed by atoms with Crippen molar-refractivity contribution in [2.75, 3.05) is 132 Å². The van der Waals surface area contributed by atoms with Gasteiger partial charge < -0.3 is 56.8 Å². The predicted octanol–water partition coefficient (Wildman–Crippen LogP) is 17.5. The van der Waals surface area contributed by atoms with E-state index >= 15 is 0 Å². The van der Waals surface area contributed by atoms with Crippen molar-refractivity contribution in [1.82, 2.24) is 8.61 Å². The van der Waals surface area contributed by atoms with Crippen LogP contribution in [0.4, 0.5) is 0 Å². The molecule has 0 unspecified atom stereocenters. The third kappa shape index (κ3) is 22.2. The molecule has 0 saturated carbocycles. The fourth-order valence-electron chi connectivity index (χ4n) is 15.6. The van der Waals surface area contributed by atoms with Crippen molar-refractivity contribution in [2.45, 2.75) is 128 Å². The SMILES string of the molecule is CCCOc1c2cccc1Cc1cccc3c1OCCOCCN(S(=O)(=O)c1ccc(C)cc1)CCOCCOc1c(cccc1Cc1cccc(c1OCCC)C3)C2.CCCOc1c2cccc1Cc1cccc3c1OCCOCCN(S(=O)(=O)c1ccc(C)cc1)CCOCCOc1c(cccc1Cc1cccc(c1OCCC)C3)C2. The van der Waals surface area contributed by atoms with Crippen LogP contribution >= 0.6 is 0 Å². The van der Waals surface area contributed by atoms with Crippen LogP contribution in [-0.4, -0.2) is 157 Å². The molecule has 18 nitrogen and oxygen atoms in total. The van der Waals surface area contributed by atoms with Crippen LogP contribution in [0.15, 0.2) is 204 Å². The van der Waals surface area contributed by atoms with E-state index < -0.39 is 20.0 Å². The quantitative estimate of drug-likeness (QED) is 0.0831. The molecule has 0 fully saturated rings. The molecule has 4 aliphatic heterocycles. The maximum Gasteiger partial charge on any atom is 0.243 e. The minimum atomic E-state index is -3.79. The van der Waals surface area contributed by atoms with E-state index in [1.54, 1.807) is 24.3 Å². The number of fused-ring (bicyclic) bond motifs is 24. The molecule has 4 heterocycles. The standard InChI is InChI=1S/2C49H57NO8S/c2*1-4-24-55-46-37-10-6-11-38(46)33-42-15-9-17-44-35-40-13-7-12-39(47(40)56-25-5-2)34-43-16-8-14-41(32-37)48(43)57-30-28-53-26-22-50(23-27-54-29-31-58-49(42)44)59(51,52)45-20-18-36(3)19-21-45/h2*6-21H,4-5,22-35H2,1-3H3. The number of hydrogen-bond donors (Lipinski definition) is 0. The summed E-state index contributed by atoms with van der Waals surface area (Å²) in [5.41, 5.74) is 19.0. The van der Waals surface area contributed by atoms with E-state index in [0.717, 1.165) is 172 Å². The Morgan fingerprint density at radius 3 is 0.627 bits per heavy atom. The molecule has 2 aliphatic carbocycles. The van der Waals surface area contributed by atoms with Crippen LogP contribution in [0.3, 0.4) is 0 Å². The Morgan fingerprint density at radius 1 is 0.254 bits per heavy atom. The number of nitrogens with zero attached hydrogens (tertiary/aromatic N) is 2. The van der Waals surface area contributed by atoms with Gasteiger partial charge >= 0.3 is 0 Å². The van der Waals surface area contributed by atoms with Crippen molar-refractivity contribution in [1.29, 1.82) is 0 Å². The van der Waals surface area contributed by atoms with Crippen molar-refractivity contribution in [3.8, 4) is 46.0 Å². The maximum absolute atomic E-state index is 13.9. The van der Waals surface area contributed by atoms with Crippen LogP contribution in [0.1, 0.15) is 154 Å². The summed E-state index contributed by atoms with van der Waals surface area (Å²) < 4.78 is 136. The summed E-state index contributed by atoms with van der Waals surface area (Å²) in [5, 5.41) is 0. The largest absolute Gasteiger partial charge is 0.493 e. The summed E-state index contributed by atoms with van der Waals surface area (Å²) in [6.07, 6.45) is 8.34. The van der Waals surface area contributed by atoms with Gasteiger partial charge in [-0.25, -0.2) is 16.8 Å². The normalized spacial score (nSPS) is 15.7. The third-order valence-electron chi connectivity index (χ3n) is 21.4. The van der Waals surface area contributed by atoms with Crippen molar-refractivity contribution >= 4 is 20.0 Å². The lowest BCUT2D eigenvalue weighted by Crippen LogP contribution is -2.37. The molecule has 624 valence electrons. The van der Waals surface area contributed by atoms with Gasteiger partial charge in [-0.05, 0) is 153 Å². The maximum atomic E-state index is 13.9. The van der Waals surface area contributed by atoms with E-state index in [1.165, 1.54) is 8.61 Å². The van der Waals surface area contributed by atoms with Gasteiger partial charge in [0.25, 0.3) is 0 Å². The molecule has 16 rings (SSSR count). The zero-order chi connectivity index (χ0) is 82.1. The summed E-state index contributed by atoms with van der Waals surface area (Å²) in [4.78, 5) is 0.485.